The summed E-state index contributed by atoms with van der Waals surface area (Å²) in [6.07, 6.45) is 2.00. The highest BCUT2D eigenvalue weighted by atomic mass is 32.1. The monoisotopic (exact) mass is 289 g/mol. The normalized spacial score (nSPS) is 10.4. The van der Waals surface area contributed by atoms with Crippen molar-refractivity contribution >= 4 is 17.2 Å². The summed E-state index contributed by atoms with van der Waals surface area (Å²) in [7, 11) is 0. The summed E-state index contributed by atoms with van der Waals surface area (Å²) in [6.45, 7) is 1.18. The fourth-order valence-corrected chi connectivity index (χ4v) is 2.68. The van der Waals surface area contributed by atoms with E-state index in [2.05, 4.69) is 22.4 Å². The van der Waals surface area contributed by atoms with Gasteiger partial charge in [-0.15, -0.1) is 11.3 Å². The number of carbonyl (C=O) groups is 1. The maximum Gasteiger partial charge on any atom is 0.220 e. The first-order valence-electron chi connectivity index (χ1n) is 6.76. The molecule has 0 bridgehead atoms. The zero-order chi connectivity index (χ0) is 14.2. The Balaban J connectivity index is 1.80. The van der Waals surface area contributed by atoms with Gasteiger partial charge in [0, 0.05) is 30.3 Å². The summed E-state index contributed by atoms with van der Waals surface area (Å²) < 4.78 is 0. The molecule has 1 aromatic heterocycles. The summed E-state index contributed by atoms with van der Waals surface area (Å²) in [4.78, 5) is 16.0. The number of aromatic nitrogens is 1. The molecule has 0 radical (unpaired) electrons. The number of benzene rings is 1. The molecule has 1 amide bonds. The number of nitrogens with two attached hydrogens (primary N) is 1. The van der Waals surface area contributed by atoms with Gasteiger partial charge < -0.3 is 11.1 Å². The molecule has 3 N–H and O–H groups in total. The van der Waals surface area contributed by atoms with Gasteiger partial charge in [-0.25, -0.2) is 4.98 Å². The van der Waals surface area contributed by atoms with E-state index in [1.54, 1.807) is 11.3 Å². The van der Waals surface area contributed by atoms with Gasteiger partial charge in [0.15, 0.2) is 0 Å². The number of thiazole rings is 1. The fraction of sp³-hybridized carbons (Fsp3) is 0.333. The highest BCUT2D eigenvalue weighted by molar-refractivity contribution is 7.13. The van der Waals surface area contributed by atoms with Crippen molar-refractivity contribution in [2.24, 2.45) is 5.73 Å². The average Bonchev–Trinajstić information content (AvgIpc) is 2.95. The van der Waals surface area contributed by atoms with Crippen LogP contribution in [0.4, 0.5) is 0 Å². The van der Waals surface area contributed by atoms with E-state index in [4.69, 9.17) is 5.73 Å². The molecular weight excluding hydrogens is 270 g/mol. The van der Waals surface area contributed by atoms with Crippen molar-refractivity contribution in [3.8, 4) is 10.6 Å². The predicted octanol–water partition coefficient (Wildman–Crippen LogP) is 2.21. The van der Waals surface area contributed by atoms with Crippen molar-refractivity contribution in [1.29, 1.82) is 0 Å². The van der Waals surface area contributed by atoms with Gasteiger partial charge in [-0.1, -0.05) is 30.3 Å². The Morgan fingerprint density at radius 2 is 2.10 bits per heavy atom. The molecule has 0 fully saturated rings. The third-order valence-electron chi connectivity index (χ3n) is 2.88. The van der Waals surface area contributed by atoms with Gasteiger partial charge in [-0.2, -0.15) is 0 Å². The number of carbonyl (C=O) groups excluding carboxylic acids is 1. The Morgan fingerprint density at radius 3 is 2.85 bits per heavy atom. The van der Waals surface area contributed by atoms with Crippen molar-refractivity contribution in [3.05, 3.63) is 41.4 Å². The van der Waals surface area contributed by atoms with Crippen LogP contribution in [-0.2, 0) is 11.2 Å². The highest BCUT2D eigenvalue weighted by Gasteiger charge is 2.05. The van der Waals surface area contributed by atoms with E-state index in [0.29, 0.717) is 19.5 Å². The number of nitrogens with zero attached hydrogens (tertiary/aromatic N) is 1. The summed E-state index contributed by atoms with van der Waals surface area (Å²) >= 11 is 1.64. The Bertz CT molecular complexity index is 539. The molecule has 0 aliphatic heterocycles. The SMILES string of the molecule is NCCCC(=O)NCCc1csc(-c2ccccc2)n1. The number of rotatable bonds is 7. The van der Waals surface area contributed by atoms with Gasteiger partial charge in [0.05, 0.1) is 5.69 Å². The van der Waals surface area contributed by atoms with E-state index < -0.39 is 0 Å². The molecule has 0 saturated carbocycles. The quantitative estimate of drug-likeness (QED) is 0.821. The van der Waals surface area contributed by atoms with Crippen molar-refractivity contribution in [3.63, 3.8) is 0 Å². The van der Waals surface area contributed by atoms with Gasteiger partial charge in [0.1, 0.15) is 5.01 Å². The maximum atomic E-state index is 11.4. The molecule has 0 aliphatic rings. The molecule has 2 rings (SSSR count). The van der Waals surface area contributed by atoms with Crippen molar-refractivity contribution < 1.29 is 4.79 Å². The molecule has 2 aromatic rings. The Labute approximate surface area is 123 Å². The summed E-state index contributed by atoms with van der Waals surface area (Å²) in [5.74, 6) is 0.0639. The Morgan fingerprint density at radius 1 is 1.30 bits per heavy atom. The molecule has 0 saturated heterocycles. The van der Waals surface area contributed by atoms with Crippen LogP contribution in [0, 0.1) is 0 Å². The lowest BCUT2D eigenvalue weighted by Gasteiger charge is -2.02. The first kappa shape index (κ1) is 14.7. The second-order valence-corrected chi connectivity index (χ2v) is 5.36. The van der Waals surface area contributed by atoms with Crippen molar-refractivity contribution in [2.75, 3.05) is 13.1 Å². The summed E-state index contributed by atoms with van der Waals surface area (Å²) in [6, 6.07) is 10.1. The topological polar surface area (TPSA) is 68.0 Å². The van der Waals surface area contributed by atoms with Crippen LogP contribution in [0.3, 0.4) is 0 Å². The lowest BCUT2D eigenvalue weighted by Crippen LogP contribution is -2.26. The Kier molecular flexibility index (Phi) is 5.70. The van der Waals surface area contributed by atoms with E-state index in [9.17, 15) is 4.79 Å². The van der Waals surface area contributed by atoms with Gasteiger partial charge in [-0.3, -0.25) is 4.79 Å². The van der Waals surface area contributed by atoms with Crippen LogP contribution in [0.5, 0.6) is 0 Å². The van der Waals surface area contributed by atoms with E-state index >= 15 is 0 Å². The second-order valence-electron chi connectivity index (χ2n) is 4.50. The van der Waals surface area contributed by atoms with Crippen LogP contribution in [0.15, 0.2) is 35.7 Å². The lowest BCUT2D eigenvalue weighted by atomic mass is 10.2. The van der Waals surface area contributed by atoms with E-state index in [1.165, 1.54) is 0 Å². The van der Waals surface area contributed by atoms with Crippen molar-refractivity contribution in [1.82, 2.24) is 10.3 Å². The van der Waals surface area contributed by atoms with E-state index in [1.807, 2.05) is 23.6 Å². The number of amides is 1. The molecule has 20 heavy (non-hydrogen) atoms. The third-order valence-corrected chi connectivity index (χ3v) is 3.82. The number of hydrogen-bond donors (Lipinski definition) is 2. The largest absolute Gasteiger partial charge is 0.356 e. The molecule has 4 nitrogen and oxygen atoms in total. The molecule has 5 heteroatoms. The van der Waals surface area contributed by atoms with Gasteiger partial charge in [0.2, 0.25) is 5.91 Å². The van der Waals surface area contributed by atoms with Gasteiger partial charge >= 0.3 is 0 Å². The first-order valence-corrected chi connectivity index (χ1v) is 7.64. The average molecular weight is 289 g/mol. The minimum Gasteiger partial charge on any atom is -0.356 e. The minimum atomic E-state index is 0.0639. The first-order chi connectivity index (χ1) is 9.79. The Hall–Kier alpha value is -1.72. The minimum absolute atomic E-state index is 0.0639. The third kappa shape index (κ3) is 4.43. The smallest absolute Gasteiger partial charge is 0.220 e. The predicted molar refractivity (Wildman–Crippen MR) is 82.6 cm³/mol. The highest BCUT2D eigenvalue weighted by Crippen LogP contribution is 2.23. The molecule has 0 unspecified atom stereocenters. The van der Waals surface area contributed by atoms with E-state index in [-0.39, 0.29) is 5.91 Å². The summed E-state index contributed by atoms with van der Waals surface area (Å²) in [5.41, 5.74) is 7.52. The summed E-state index contributed by atoms with van der Waals surface area (Å²) in [5, 5.41) is 5.96. The van der Waals surface area contributed by atoms with Crippen LogP contribution in [0.25, 0.3) is 10.6 Å². The standard InChI is InChI=1S/C15H19N3OS/c16-9-4-7-14(19)17-10-8-13-11-20-15(18-13)12-5-2-1-3-6-12/h1-3,5-6,11H,4,7-10,16H2,(H,17,19). The van der Waals surface area contributed by atoms with Gasteiger partial charge in [-0.05, 0) is 13.0 Å². The van der Waals surface area contributed by atoms with Crippen LogP contribution in [0.1, 0.15) is 18.5 Å². The second kappa shape index (κ2) is 7.77. The molecule has 0 atom stereocenters. The van der Waals surface area contributed by atoms with Crippen LogP contribution >= 0.6 is 11.3 Å². The number of hydrogen-bond acceptors (Lipinski definition) is 4. The lowest BCUT2D eigenvalue weighted by molar-refractivity contribution is -0.121. The fourth-order valence-electron chi connectivity index (χ4n) is 1.82. The maximum absolute atomic E-state index is 11.4. The van der Waals surface area contributed by atoms with Crippen LogP contribution in [0.2, 0.25) is 0 Å². The molecule has 106 valence electrons. The molecule has 1 aromatic carbocycles. The van der Waals surface area contributed by atoms with Gasteiger partial charge in [0.25, 0.3) is 0 Å². The molecular formula is C15H19N3OS. The zero-order valence-corrected chi connectivity index (χ0v) is 12.2. The van der Waals surface area contributed by atoms with Crippen LogP contribution in [-0.4, -0.2) is 24.0 Å². The number of nitrogens with one attached hydrogen (secondary N) is 1. The van der Waals surface area contributed by atoms with Crippen LogP contribution < -0.4 is 11.1 Å². The molecule has 0 aliphatic carbocycles. The van der Waals surface area contributed by atoms with Crippen molar-refractivity contribution in [2.45, 2.75) is 19.3 Å². The zero-order valence-electron chi connectivity index (χ0n) is 11.3. The van der Waals surface area contributed by atoms with E-state index in [0.717, 1.165) is 29.1 Å². The molecule has 1 heterocycles. The molecule has 0 spiro atoms.